The summed E-state index contributed by atoms with van der Waals surface area (Å²) in [6, 6.07) is 0. The molecule has 0 aromatic carbocycles. The highest BCUT2D eigenvalue weighted by atomic mass is 18.0. The Kier molecular flexibility index (Phi) is 11.0. The minimum Gasteiger partial charge on any atom is -0.219 e. The van der Waals surface area contributed by atoms with Gasteiger partial charge in [0, 0.05) is 0 Å². The van der Waals surface area contributed by atoms with Gasteiger partial charge in [0.25, 0.3) is 0 Å². The molecule has 0 aromatic rings. The molecule has 0 fully saturated rings. The van der Waals surface area contributed by atoms with Gasteiger partial charge in [-0.3, -0.25) is 0 Å². The third kappa shape index (κ3) is 11.5. The molecule has 0 aliphatic heterocycles. The Hall–Kier alpha value is -0.520. The Morgan fingerprint density at radius 2 is 1.00 bits per heavy atom. The van der Waals surface area contributed by atoms with Crippen molar-refractivity contribution in [2.24, 2.45) is 5.90 Å². The Bertz CT molecular complexity index is 71.2. The summed E-state index contributed by atoms with van der Waals surface area (Å²) < 4.78 is 0. The highest BCUT2D eigenvalue weighted by Crippen LogP contribution is 1.88. The molecular formula is H3NO12. The Balaban J connectivity index is 2.76. The predicted octanol–water partition coefficient (Wildman–Crippen LogP) is -1.33. The van der Waals surface area contributed by atoms with E-state index in [0.717, 1.165) is 0 Å². The molecule has 3 N–H and O–H groups in total. The topological polar surface area (TPSA) is 148 Å². The van der Waals surface area contributed by atoms with Crippen molar-refractivity contribution in [1.82, 2.24) is 0 Å². The van der Waals surface area contributed by atoms with Crippen LogP contribution in [0.2, 0.25) is 0 Å². The SMILES string of the molecule is NOOOOOOOOOOOO. The average molecular weight is 209 g/mol. The lowest BCUT2D eigenvalue weighted by molar-refractivity contribution is -0.862. The summed E-state index contributed by atoms with van der Waals surface area (Å²) in [6.07, 6.45) is 0. The molecule has 80 valence electrons. The van der Waals surface area contributed by atoms with Crippen LogP contribution in [0.25, 0.3) is 0 Å². The van der Waals surface area contributed by atoms with E-state index in [1.165, 1.54) is 0 Å². The standard InChI is InChI=1S/H3NO12/c1-3-5-7-9-11-13-12-10-8-6-4-2/h2H,1H2. The summed E-state index contributed by atoms with van der Waals surface area (Å²) in [5.74, 6) is 4.27. The van der Waals surface area contributed by atoms with Crippen LogP contribution in [0.4, 0.5) is 0 Å². The summed E-state index contributed by atoms with van der Waals surface area (Å²) in [6.45, 7) is 0. The van der Waals surface area contributed by atoms with E-state index in [4.69, 9.17) is 5.26 Å². The largest absolute Gasteiger partial charge is 0.219 e. The van der Waals surface area contributed by atoms with Gasteiger partial charge in [-0.15, -0.1) is 4.99 Å². The van der Waals surface area contributed by atoms with E-state index in [-0.39, 0.29) is 0 Å². The molecule has 0 aromatic heterocycles. The molecular weight excluding hydrogens is 206 g/mol. The fourth-order valence-electron chi connectivity index (χ4n) is 0.108. The van der Waals surface area contributed by atoms with Gasteiger partial charge in [0.15, 0.2) is 0 Å². The van der Waals surface area contributed by atoms with E-state index in [2.05, 4.69) is 61.3 Å². The van der Waals surface area contributed by atoms with Crippen LogP contribution < -0.4 is 5.90 Å². The second-order valence-electron chi connectivity index (χ2n) is 0.783. The van der Waals surface area contributed by atoms with Crippen LogP contribution in [-0.2, 0) is 55.4 Å². The number of hydrogen-bond acceptors (Lipinski definition) is 13. The molecule has 13 nitrogen and oxygen atoms in total. The van der Waals surface area contributed by atoms with Crippen molar-refractivity contribution in [1.29, 1.82) is 0 Å². The van der Waals surface area contributed by atoms with Gasteiger partial charge in [-0.1, -0.05) is 0 Å². The summed E-state index contributed by atoms with van der Waals surface area (Å²) in [7, 11) is 0. The summed E-state index contributed by atoms with van der Waals surface area (Å²) in [5.41, 5.74) is 0. The zero-order valence-corrected chi connectivity index (χ0v) is 5.52. The number of rotatable bonds is 10. The van der Waals surface area contributed by atoms with Crippen LogP contribution in [0.5, 0.6) is 0 Å². The fraction of sp³-hybridized carbons (Fsp3) is 0. The quantitative estimate of drug-likeness (QED) is 0.248. The fourth-order valence-corrected chi connectivity index (χ4v) is 0.108. The van der Waals surface area contributed by atoms with Crippen LogP contribution in [-0.4, -0.2) is 5.26 Å². The van der Waals surface area contributed by atoms with Gasteiger partial charge in [-0.2, -0.15) is 5.90 Å². The zero-order valence-electron chi connectivity index (χ0n) is 5.52. The van der Waals surface area contributed by atoms with Gasteiger partial charge < -0.3 is 0 Å². The molecule has 0 saturated heterocycles. The third-order valence-electron chi connectivity index (χ3n) is 0.292. The lowest BCUT2D eigenvalue weighted by Gasteiger charge is -1.96. The maximum absolute atomic E-state index is 7.42. The molecule has 0 bridgehead atoms. The highest BCUT2D eigenvalue weighted by molar-refractivity contribution is 3.12. The molecule has 13 heteroatoms. The first-order chi connectivity index (χ1) is 6.41. The molecule has 0 radical (unpaired) electrons. The predicted molar refractivity (Wildman–Crippen MR) is 18.8 cm³/mol. The van der Waals surface area contributed by atoms with Crippen LogP contribution in [0.1, 0.15) is 0 Å². The first kappa shape index (κ1) is 12.5. The smallest absolute Gasteiger partial charge is 0.00000000332 e. The minimum absolute atomic E-state index is 2.87. The van der Waals surface area contributed by atoms with Gasteiger partial charge >= 0.3 is 0 Å². The van der Waals surface area contributed by atoms with Gasteiger partial charge in [-0.25, -0.2) is 5.26 Å². The van der Waals surface area contributed by atoms with Crippen LogP contribution in [0.15, 0.2) is 0 Å². The zero-order chi connectivity index (χ0) is 9.78. The molecule has 0 aliphatic rings. The third-order valence-corrected chi connectivity index (χ3v) is 0.292. The summed E-state index contributed by atoms with van der Waals surface area (Å²) >= 11 is 0. The van der Waals surface area contributed by atoms with E-state index in [1.807, 2.05) is 0 Å². The van der Waals surface area contributed by atoms with Gasteiger partial charge in [0.1, 0.15) is 0 Å². The van der Waals surface area contributed by atoms with Crippen LogP contribution in [0.3, 0.4) is 0 Å². The van der Waals surface area contributed by atoms with E-state index >= 15 is 0 Å². The van der Waals surface area contributed by atoms with E-state index < -0.39 is 0 Å². The molecule has 0 heterocycles. The maximum atomic E-state index is 7.42. The molecule has 13 heavy (non-hydrogen) atoms. The normalized spacial score (nSPS) is 10.6. The average Bonchev–Trinajstić information content (AvgIpc) is 2.16. The summed E-state index contributed by atoms with van der Waals surface area (Å²) in [5, 5.41) is 40.9. The van der Waals surface area contributed by atoms with Gasteiger partial charge in [0.05, 0.1) is 0 Å². The monoisotopic (exact) mass is 209 g/mol. The van der Waals surface area contributed by atoms with Crippen molar-refractivity contribution in [2.45, 2.75) is 0 Å². The highest BCUT2D eigenvalue weighted by Gasteiger charge is 1.95. The molecule has 0 amide bonds. The van der Waals surface area contributed by atoms with Crippen molar-refractivity contribution >= 4 is 0 Å². The van der Waals surface area contributed by atoms with E-state index in [1.54, 1.807) is 0 Å². The van der Waals surface area contributed by atoms with E-state index in [9.17, 15) is 0 Å². The van der Waals surface area contributed by atoms with Gasteiger partial charge in [0.2, 0.25) is 0 Å². The minimum atomic E-state index is 2.87. The molecule has 0 rings (SSSR count). The van der Waals surface area contributed by atoms with Crippen molar-refractivity contribution in [3.8, 4) is 0 Å². The van der Waals surface area contributed by atoms with Crippen molar-refractivity contribution in [3.63, 3.8) is 0 Å². The Morgan fingerprint density at radius 1 is 0.615 bits per heavy atom. The summed E-state index contributed by atoms with van der Waals surface area (Å²) in [4.78, 5) is 3.36. The van der Waals surface area contributed by atoms with E-state index in [0.29, 0.717) is 0 Å². The van der Waals surface area contributed by atoms with Crippen molar-refractivity contribution < 1.29 is 60.6 Å². The maximum Gasteiger partial charge on any atom is -0.00000000332 e. The number of nitrogens with two attached hydrogens (primary N) is 1. The first-order valence-electron chi connectivity index (χ1n) is 2.08. The molecule has 0 atom stereocenters. The first-order valence-corrected chi connectivity index (χ1v) is 2.08. The lowest BCUT2D eigenvalue weighted by atomic mass is 13.5. The Morgan fingerprint density at radius 3 is 1.38 bits per heavy atom. The van der Waals surface area contributed by atoms with Gasteiger partial charge in [-0.05, 0) is 50.4 Å². The number of hydrogen-bond donors (Lipinski definition) is 2. The molecule has 0 saturated carbocycles. The lowest BCUT2D eigenvalue weighted by Crippen LogP contribution is -2.05. The second kappa shape index (κ2) is 11.5. The molecule has 0 aliphatic carbocycles. The molecule has 0 spiro atoms. The van der Waals surface area contributed by atoms with Crippen LogP contribution in [0, 0.1) is 0 Å². The second-order valence-corrected chi connectivity index (χ2v) is 0.783. The van der Waals surface area contributed by atoms with Crippen molar-refractivity contribution in [2.75, 3.05) is 0 Å². The molecule has 0 unspecified atom stereocenters. The Labute approximate surface area is 67.9 Å². The van der Waals surface area contributed by atoms with Crippen molar-refractivity contribution in [3.05, 3.63) is 0 Å². The van der Waals surface area contributed by atoms with Crippen LogP contribution >= 0.6 is 0 Å².